The minimum Gasteiger partial charge on any atom is -0.302 e. The molecular weight excluding hydrogens is 372 g/mol. The number of aryl methyl sites for hydroxylation is 2. The van der Waals surface area contributed by atoms with E-state index in [1.54, 1.807) is 36.0 Å². The van der Waals surface area contributed by atoms with E-state index in [0.717, 1.165) is 48.0 Å². The number of aromatic nitrogens is 3. The fourth-order valence-electron chi connectivity index (χ4n) is 2.96. The van der Waals surface area contributed by atoms with Crippen LogP contribution in [0.5, 0.6) is 0 Å². The summed E-state index contributed by atoms with van der Waals surface area (Å²) in [7, 11) is 0. The van der Waals surface area contributed by atoms with Crippen LogP contribution in [0.4, 0.5) is 5.69 Å². The van der Waals surface area contributed by atoms with E-state index < -0.39 is 0 Å². The first-order valence-electron chi connectivity index (χ1n) is 9.49. The molecular formula is C21H24N4O2S. The molecule has 0 spiro atoms. The van der Waals surface area contributed by atoms with Gasteiger partial charge in [-0.2, -0.15) is 0 Å². The molecule has 0 radical (unpaired) electrons. The standard InChI is InChI=1S/C21H24N4O2S/c1-2-15-28-21-23-22-20(10-6-9-17-7-4-3-5-8-17)24(21)16-18-11-13-19(14-12-18)25(26)27/h3-5,7-8,11-14H,2,6,9-10,15-16H2,1H3. The minimum absolute atomic E-state index is 0.108. The minimum atomic E-state index is -0.375. The lowest BCUT2D eigenvalue weighted by molar-refractivity contribution is -0.384. The Balaban J connectivity index is 1.72. The zero-order chi connectivity index (χ0) is 19.8. The van der Waals surface area contributed by atoms with Gasteiger partial charge in [-0.1, -0.05) is 61.2 Å². The van der Waals surface area contributed by atoms with E-state index in [-0.39, 0.29) is 10.6 Å². The molecule has 0 aliphatic heterocycles. The summed E-state index contributed by atoms with van der Waals surface area (Å²) < 4.78 is 2.15. The average molecular weight is 397 g/mol. The van der Waals surface area contributed by atoms with E-state index in [4.69, 9.17) is 0 Å². The molecule has 0 N–H and O–H groups in total. The summed E-state index contributed by atoms with van der Waals surface area (Å²) in [6.45, 7) is 2.77. The number of thioether (sulfide) groups is 1. The maximum absolute atomic E-state index is 10.9. The zero-order valence-corrected chi connectivity index (χ0v) is 16.8. The molecule has 28 heavy (non-hydrogen) atoms. The maximum atomic E-state index is 10.9. The first kappa shape index (κ1) is 20.1. The van der Waals surface area contributed by atoms with Crippen molar-refractivity contribution in [2.24, 2.45) is 0 Å². The number of nitro benzene ring substituents is 1. The van der Waals surface area contributed by atoms with Crippen molar-refractivity contribution in [3.8, 4) is 0 Å². The van der Waals surface area contributed by atoms with Gasteiger partial charge in [0, 0.05) is 24.3 Å². The molecule has 0 amide bonds. The van der Waals surface area contributed by atoms with Crippen LogP contribution in [0.2, 0.25) is 0 Å². The van der Waals surface area contributed by atoms with Crippen molar-refractivity contribution in [2.75, 3.05) is 5.75 Å². The largest absolute Gasteiger partial charge is 0.302 e. The topological polar surface area (TPSA) is 73.8 Å². The quantitative estimate of drug-likeness (QED) is 0.276. The predicted octanol–water partition coefficient (Wildman–Crippen LogP) is 4.91. The Hall–Kier alpha value is -2.67. The molecule has 0 atom stereocenters. The van der Waals surface area contributed by atoms with Gasteiger partial charge in [0.15, 0.2) is 5.16 Å². The Labute approximate surface area is 169 Å². The Morgan fingerprint density at radius 1 is 1.00 bits per heavy atom. The van der Waals surface area contributed by atoms with Crippen LogP contribution >= 0.6 is 11.8 Å². The molecule has 3 aromatic rings. The maximum Gasteiger partial charge on any atom is 0.269 e. The third-order valence-electron chi connectivity index (χ3n) is 4.43. The number of hydrogen-bond donors (Lipinski definition) is 0. The van der Waals surface area contributed by atoms with Crippen LogP contribution in [0.3, 0.4) is 0 Å². The molecule has 146 valence electrons. The highest BCUT2D eigenvalue weighted by atomic mass is 32.2. The molecule has 3 rings (SSSR count). The van der Waals surface area contributed by atoms with Gasteiger partial charge in [0.1, 0.15) is 5.82 Å². The van der Waals surface area contributed by atoms with E-state index >= 15 is 0 Å². The van der Waals surface area contributed by atoms with Crippen LogP contribution in [0.1, 0.15) is 36.7 Å². The fourth-order valence-corrected chi connectivity index (χ4v) is 3.77. The van der Waals surface area contributed by atoms with Gasteiger partial charge in [-0.25, -0.2) is 0 Å². The van der Waals surface area contributed by atoms with Gasteiger partial charge in [0.2, 0.25) is 0 Å². The Morgan fingerprint density at radius 3 is 2.43 bits per heavy atom. The van der Waals surface area contributed by atoms with E-state index in [2.05, 4.69) is 46.0 Å². The van der Waals surface area contributed by atoms with Gasteiger partial charge in [-0.15, -0.1) is 10.2 Å². The second-order valence-electron chi connectivity index (χ2n) is 6.60. The molecule has 7 heteroatoms. The van der Waals surface area contributed by atoms with Crippen molar-refractivity contribution in [3.63, 3.8) is 0 Å². The second-order valence-corrected chi connectivity index (χ2v) is 7.66. The molecule has 1 aromatic heterocycles. The lowest BCUT2D eigenvalue weighted by atomic mass is 10.1. The van der Waals surface area contributed by atoms with E-state index in [1.165, 1.54) is 5.56 Å². The monoisotopic (exact) mass is 396 g/mol. The summed E-state index contributed by atoms with van der Waals surface area (Å²) in [5.41, 5.74) is 2.44. The smallest absolute Gasteiger partial charge is 0.269 e. The Kier molecular flexibility index (Phi) is 7.19. The third-order valence-corrected chi connectivity index (χ3v) is 5.60. The average Bonchev–Trinajstić information content (AvgIpc) is 3.09. The molecule has 6 nitrogen and oxygen atoms in total. The second kappa shape index (κ2) is 10.0. The van der Waals surface area contributed by atoms with Crippen molar-refractivity contribution >= 4 is 17.4 Å². The molecule has 0 unspecified atom stereocenters. The van der Waals surface area contributed by atoms with E-state index in [0.29, 0.717) is 6.54 Å². The predicted molar refractivity (Wildman–Crippen MR) is 112 cm³/mol. The molecule has 2 aromatic carbocycles. The number of hydrogen-bond acceptors (Lipinski definition) is 5. The van der Waals surface area contributed by atoms with Crippen molar-refractivity contribution < 1.29 is 4.92 Å². The van der Waals surface area contributed by atoms with Crippen LogP contribution in [-0.2, 0) is 19.4 Å². The van der Waals surface area contributed by atoms with Gasteiger partial charge in [0.25, 0.3) is 5.69 Å². The Morgan fingerprint density at radius 2 is 1.75 bits per heavy atom. The SMILES string of the molecule is CCCSc1nnc(CCCc2ccccc2)n1Cc1ccc([N+](=O)[O-])cc1. The lowest BCUT2D eigenvalue weighted by Crippen LogP contribution is -2.07. The summed E-state index contributed by atoms with van der Waals surface area (Å²) in [4.78, 5) is 10.5. The zero-order valence-electron chi connectivity index (χ0n) is 16.0. The van der Waals surface area contributed by atoms with Crippen LogP contribution in [0.25, 0.3) is 0 Å². The number of non-ortho nitro benzene ring substituents is 1. The third kappa shape index (κ3) is 5.42. The lowest BCUT2D eigenvalue weighted by Gasteiger charge is -2.10. The first-order valence-corrected chi connectivity index (χ1v) is 10.5. The van der Waals surface area contributed by atoms with Gasteiger partial charge in [-0.05, 0) is 30.4 Å². The highest BCUT2D eigenvalue weighted by Gasteiger charge is 2.14. The highest BCUT2D eigenvalue weighted by Crippen LogP contribution is 2.21. The van der Waals surface area contributed by atoms with Crippen molar-refractivity contribution in [2.45, 2.75) is 44.3 Å². The number of benzene rings is 2. The van der Waals surface area contributed by atoms with Gasteiger partial charge in [-0.3, -0.25) is 10.1 Å². The molecule has 0 saturated carbocycles. The van der Waals surface area contributed by atoms with Gasteiger partial charge >= 0.3 is 0 Å². The number of rotatable bonds is 10. The van der Waals surface area contributed by atoms with Crippen LogP contribution in [-0.4, -0.2) is 25.4 Å². The molecule has 1 heterocycles. The summed E-state index contributed by atoms with van der Waals surface area (Å²) in [6, 6.07) is 17.1. The normalized spacial score (nSPS) is 10.9. The number of nitro groups is 1. The summed E-state index contributed by atoms with van der Waals surface area (Å²) >= 11 is 1.71. The van der Waals surface area contributed by atoms with Gasteiger partial charge in [0.05, 0.1) is 11.5 Å². The summed E-state index contributed by atoms with van der Waals surface area (Å²) in [6.07, 6.45) is 3.92. The van der Waals surface area contributed by atoms with Crippen molar-refractivity contribution in [1.82, 2.24) is 14.8 Å². The van der Waals surface area contributed by atoms with Crippen LogP contribution in [0.15, 0.2) is 59.8 Å². The fraction of sp³-hybridized carbons (Fsp3) is 0.333. The van der Waals surface area contributed by atoms with E-state index in [1.807, 2.05) is 6.07 Å². The van der Waals surface area contributed by atoms with Crippen LogP contribution < -0.4 is 0 Å². The molecule has 0 bridgehead atoms. The summed E-state index contributed by atoms with van der Waals surface area (Å²) in [5, 5.41) is 20.6. The molecule has 0 aliphatic carbocycles. The molecule has 0 fully saturated rings. The van der Waals surface area contributed by atoms with Gasteiger partial charge < -0.3 is 4.57 Å². The highest BCUT2D eigenvalue weighted by molar-refractivity contribution is 7.99. The Bertz CT molecular complexity index is 895. The summed E-state index contributed by atoms with van der Waals surface area (Å²) in [5.74, 6) is 1.95. The van der Waals surface area contributed by atoms with Crippen molar-refractivity contribution in [1.29, 1.82) is 0 Å². The van der Waals surface area contributed by atoms with E-state index in [9.17, 15) is 10.1 Å². The molecule has 0 saturated heterocycles. The number of nitrogens with zero attached hydrogens (tertiary/aromatic N) is 4. The van der Waals surface area contributed by atoms with Crippen molar-refractivity contribution in [3.05, 3.63) is 81.7 Å². The molecule has 0 aliphatic rings. The van der Waals surface area contributed by atoms with Crippen LogP contribution in [0, 0.1) is 10.1 Å². The first-order chi connectivity index (χ1) is 13.7.